The number of hydrogen-bond donors (Lipinski definition) is 1. The maximum Gasteiger partial charge on any atom is 0.302 e. The highest BCUT2D eigenvalue weighted by Crippen LogP contribution is 2.26. The van der Waals surface area contributed by atoms with Gasteiger partial charge in [0.05, 0.1) is 29.8 Å². The molecule has 0 saturated carbocycles. The first-order chi connectivity index (χ1) is 15.0. The van der Waals surface area contributed by atoms with Crippen LogP contribution in [0.4, 0.5) is 11.6 Å². The van der Waals surface area contributed by atoms with Crippen LogP contribution in [0.1, 0.15) is 19.9 Å². The number of nitrogens with zero attached hydrogens (tertiary/aromatic N) is 7. The van der Waals surface area contributed by atoms with Gasteiger partial charge in [0.15, 0.2) is 0 Å². The molecule has 1 saturated heterocycles. The van der Waals surface area contributed by atoms with Crippen molar-refractivity contribution in [3.8, 4) is 11.3 Å². The summed E-state index contributed by atoms with van der Waals surface area (Å²) in [5.74, 6) is 0.193. The second kappa shape index (κ2) is 9.23. The SMILES string of the molecule is CCOC(COC(C)=O)N1CC(n2cc(-c3ccnc(Nc4cnn(C)c4)n3)cn2)C1. The van der Waals surface area contributed by atoms with Crippen LogP contribution in [0.2, 0.25) is 0 Å². The molecule has 0 amide bonds. The topological polar surface area (TPSA) is 112 Å². The van der Waals surface area contributed by atoms with Gasteiger partial charge in [-0.3, -0.25) is 19.1 Å². The molecule has 0 aromatic carbocycles. The Bertz CT molecular complexity index is 1030. The highest BCUT2D eigenvalue weighted by molar-refractivity contribution is 5.65. The van der Waals surface area contributed by atoms with Crippen molar-refractivity contribution in [1.82, 2.24) is 34.4 Å². The van der Waals surface area contributed by atoms with Gasteiger partial charge in [-0.2, -0.15) is 10.2 Å². The molecule has 0 spiro atoms. The van der Waals surface area contributed by atoms with Gasteiger partial charge in [-0.15, -0.1) is 0 Å². The van der Waals surface area contributed by atoms with E-state index < -0.39 is 0 Å². The lowest BCUT2D eigenvalue weighted by atomic mass is 10.1. The van der Waals surface area contributed by atoms with Gasteiger partial charge < -0.3 is 14.8 Å². The van der Waals surface area contributed by atoms with Crippen LogP contribution in [0.5, 0.6) is 0 Å². The lowest BCUT2D eigenvalue weighted by molar-refractivity contribution is -0.160. The van der Waals surface area contributed by atoms with Crippen LogP contribution in [0.25, 0.3) is 11.3 Å². The molecular formula is C20H26N8O3. The number of hydrogen-bond acceptors (Lipinski definition) is 9. The van der Waals surface area contributed by atoms with E-state index in [0.29, 0.717) is 12.6 Å². The second-order valence-electron chi connectivity index (χ2n) is 7.32. The van der Waals surface area contributed by atoms with Crippen LogP contribution in [0, 0.1) is 0 Å². The summed E-state index contributed by atoms with van der Waals surface area (Å²) in [5.41, 5.74) is 2.52. The molecular weight excluding hydrogens is 400 g/mol. The Balaban J connectivity index is 1.38. The van der Waals surface area contributed by atoms with Crippen LogP contribution < -0.4 is 5.32 Å². The van der Waals surface area contributed by atoms with E-state index >= 15 is 0 Å². The zero-order chi connectivity index (χ0) is 21.8. The van der Waals surface area contributed by atoms with Gasteiger partial charge in [-0.25, -0.2) is 9.97 Å². The minimum Gasteiger partial charge on any atom is -0.462 e. The average Bonchev–Trinajstić information content (AvgIpc) is 3.34. The molecule has 31 heavy (non-hydrogen) atoms. The number of carbonyl (C=O) groups excluding carboxylic acids is 1. The quantitative estimate of drug-likeness (QED) is 0.510. The standard InChI is InChI=1S/C20H26N8O3/c1-4-30-19(13-31-14(2)29)27-11-17(12-27)28-9-15(7-23-28)18-5-6-21-20(25-18)24-16-8-22-26(3)10-16/h5-10,17,19H,4,11-13H2,1-3H3,(H,21,24,25). The first kappa shape index (κ1) is 20.9. The molecule has 1 unspecified atom stereocenters. The Morgan fingerprint density at radius 3 is 2.84 bits per heavy atom. The lowest BCUT2D eigenvalue weighted by Crippen LogP contribution is -2.55. The summed E-state index contributed by atoms with van der Waals surface area (Å²) in [6.45, 7) is 5.65. The summed E-state index contributed by atoms with van der Waals surface area (Å²) in [5, 5.41) is 11.8. The Morgan fingerprint density at radius 1 is 1.29 bits per heavy atom. The van der Waals surface area contributed by atoms with Gasteiger partial charge in [0.25, 0.3) is 0 Å². The zero-order valence-electron chi connectivity index (χ0n) is 17.8. The van der Waals surface area contributed by atoms with Crippen LogP contribution in [0.3, 0.4) is 0 Å². The molecule has 1 aliphatic heterocycles. The first-order valence-electron chi connectivity index (χ1n) is 10.1. The maximum atomic E-state index is 11.1. The molecule has 3 aromatic heterocycles. The lowest BCUT2D eigenvalue weighted by Gasteiger charge is -2.43. The number of nitrogens with one attached hydrogen (secondary N) is 1. The summed E-state index contributed by atoms with van der Waals surface area (Å²) in [4.78, 5) is 22.1. The minimum absolute atomic E-state index is 0.226. The van der Waals surface area contributed by atoms with Crippen molar-refractivity contribution in [2.45, 2.75) is 26.1 Å². The van der Waals surface area contributed by atoms with Crippen LogP contribution in [-0.4, -0.2) is 72.9 Å². The molecule has 4 rings (SSSR count). The Hall–Kier alpha value is -3.31. The second-order valence-corrected chi connectivity index (χ2v) is 7.32. The molecule has 164 valence electrons. The largest absolute Gasteiger partial charge is 0.462 e. The van der Waals surface area contributed by atoms with Gasteiger partial charge in [-0.05, 0) is 13.0 Å². The van der Waals surface area contributed by atoms with Crippen LogP contribution >= 0.6 is 0 Å². The van der Waals surface area contributed by atoms with E-state index in [1.54, 1.807) is 23.3 Å². The third-order valence-electron chi connectivity index (χ3n) is 4.97. The van der Waals surface area contributed by atoms with Gasteiger partial charge >= 0.3 is 5.97 Å². The van der Waals surface area contributed by atoms with E-state index in [2.05, 4.69) is 30.4 Å². The third kappa shape index (κ3) is 5.06. The number of rotatable bonds is 9. The molecule has 11 heteroatoms. The Kier molecular flexibility index (Phi) is 6.23. The van der Waals surface area contributed by atoms with E-state index in [-0.39, 0.29) is 24.8 Å². The highest BCUT2D eigenvalue weighted by Gasteiger charge is 2.35. The van der Waals surface area contributed by atoms with Gasteiger partial charge in [-0.1, -0.05) is 0 Å². The summed E-state index contributed by atoms with van der Waals surface area (Å²) in [6, 6.07) is 2.08. The normalized spacial score (nSPS) is 15.5. The van der Waals surface area contributed by atoms with E-state index in [1.165, 1.54) is 6.92 Å². The van der Waals surface area contributed by atoms with E-state index in [0.717, 1.165) is 30.0 Å². The molecule has 4 heterocycles. The molecule has 1 N–H and O–H groups in total. The number of esters is 1. The molecule has 1 atom stereocenters. The first-order valence-corrected chi connectivity index (χ1v) is 10.1. The summed E-state index contributed by atoms with van der Waals surface area (Å²) in [6.07, 6.45) is 8.84. The van der Waals surface area contributed by atoms with Crippen molar-refractivity contribution in [2.24, 2.45) is 7.05 Å². The van der Waals surface area contributed by atoms with E-state index in [9.17, 15) is 4.79 Å². The van der Waals surface area contributed by atoms with Crippen molar-refractivity contribution in [3.05, 3.63) is 37.1 Å². The molecule has 1 fully saturated rings. The number of aryl methyl sites for hydroxylation is 1. The van der Waals surface area contributed by atoms with E-state index in [4.69, 9.17) is 9.47 Å². The number of carbonyl (C=O) groups is 1. The van der Waals surface area contributed by atoms with Crippen molar-refractivity contribution >= 4 is 17.6 Å². The molecule has 0 aliphatic carbocycles. The summed E-state index contributed by atoms with van der Waals surface area (Å²) < 4.78 is 14.5. The maximum absolute atomic E-state index is 11.1. The van der Waals surface area contributed by atoms with Crippen molar-refractivity contribution in [2.75, 3.05) is 31.6 Å². The van der Waals surface area contributed by atoms with Crippen LogP contribution in [0.15, 0.2) is 37.1 Å². The van der Waals surface area contributed by atoms with Crippen molar-refractivity contribution < 1.29 is 14.3 Å². The van der Waals surface area contributed by atoms with E-state index in [1.807, 2.05) is 37.1 Å². The molecule has 1 aliphatic rings. The smallest absolute Gasteiger partial charge is 0.302 e. The summed E-state index contributed by atoms with van der Waals surface area (Å²) in [7, 11) is 1.85. The number of likely N-dealkylation sites (tertiary alicyclic amines) is 1. The summed E-state index contributed by atoms with van der Waals surface area (Å²) >= 11 is 0. The Labute approximate surface area is 180 Å². The van der Waals surface area contributed by atoms with Gasteiger partial charge in [0.2, 0.25) is 5.95 Å². The molecule has 3 aromatic rings. The van der Waals surface area contributed by atoms with Crippen molar-refractivity contribution in [1.29, 1.82) is 0 Å². The predicted molar refractivity (Wildman–Crippen MR) is 112 cm³/mol. The van der Waals surface area contributed by atoms with Crippen molar-refractivity contribution in [3.63, 3.8) is 0 Å². The predicted octanol–water partition coefficient (Wildman–Crippen LogP) is 1.60. The average molecular weight is 426 g/mol. The van der Waals surface area contributed by atoms with Crippen LogP contribution in [-0.2, 0) is 21.3 Å². The number of aromatic nitrogens is 6. The number of ether oxygens (including phenoxy) is 2. The van der Waals surface area contributed by atoms with Gasteiger partial charge in [0.1, 0.15) is 12.8 Å². The third-order valence-corrected chi connectivity index (χ3v) is 4.97. The fourth-order valence-corrected chi connectivity index (χ4v) is 3.39. The highest BCUT2D eigenvalue weighted by atomic mass is 16.6. The molecule has 0 bridgehead atoms. The monoisotopic (exact) mass is 426 g/mol. The number of anilines is 2. The molecule has 11 nitrogen and oxygen atoms in total. The molecule has 0 radical (unpaired) electrons. The Morgan fingerprint density at radius 2 is 2.13 bits per heavy atom. The zero-order valence-corrected chi connectivity index (χ0v) is 17.8. The fraction of sp³-hybridized carbons (Fsp3) is 0.450. The van der Waals surface area contributed by atoms with Gasteiger partial charge in [0, 0.05) is 57.8 Å². The fourth-order valence-electron chi connectivity index (χ4n) is 3.39. The minimum atomic E-state index is -0.305.